The Morgan fingerprint density at radius 2 is 2.00 bits per heavy atom. The van der Waals surface area contributed by atoms with Crippen molar-refractivity contribution in [2.75, 3.05) is 24.2 Å². The van der Waals surface area contributed by atoms with Crippen LogP contribution in [0, 0.1) is 0 Å². The highest BCUT2D eigenvalue weighted by Crippen LogP contribution is 2.41. The zero-order chi connectivity index (χ0) is 25.8. The van der Waals surface area contributed by atoms with Crippen LogP contribution in [0.4, 0.5) is 24.7 Å². The van der Waals surface area contributed by atoms with Gasteiger partial charge >= 0.3 is 6.18 Å². The molecular weight excluding hydrogens is 483 g/mol. The van der Waals surface area contributed by atoms with Crippen LogP contribution in [0.1, 0.15) is 33.9 Å². The second-order valence-electron chi connectivity index (χ2n) is 7.51. The third kappa shape index (κ3) is 5.32. The van der Waals surface area contributed by atoms with E-state index in [4.69, 9.17) is 22.1 Å². The van der Waals surface area contributed by atoms with E-state index in [9.17, 15) is 18.0 Å². The first-order valence-electron chi connectivity index (χ1n) is 10.5. The number of amides is 1. The van der Waals surface area contributed by atoms with E-state index >= 15 is 0 Å². The number of aldehydes is 1. The van der Waals surface area contributed by atoms with E-state index in [2.05, 4.69) is 22.3 Å². The molecule has 11 heteroatoms. The van der Waals surface area contributed by atoms with Crippen molar-refractivity contribution in [3.63, 3.8) is 0 Å². The van der Waals surface area contributed by atoms with Crippen molar-refractivity contribution in [2.24, 2.45) is 5.73 Å². The van der Waals surface area contributed by atoms with Gasteiger partial charge in [0.25, 0.3) is 5.91 Å². The monoisotopic (exact) mass is 505 g/mol. The Hall–Kier alpha value is -3.79. The summed E-state index contributed by atoms with van der Waals surface area (Å²) in [6.45, 7) is 3.66. The molecule has 0 fully saturated rings. The smallest absolute Gasteiger partial charge is 0.388 e. The molecule has 0 spiro atoms. The molecule has 0 aliphatic carbocycles. The predicted molar refractivity (Wildman–Crippen MR) is 130 cm³/mol. The Kier molecular flexibility index (Phi) is 7.85. The van der Waals surface area contributed by atoms with Gasteiger partial charge < -0.3 is 16.4 Å². The number of para-hydroxylation sites is 1. The Bertz CT molecular complexity index is 1250. The van der Waals surface area contributed by atoms with Crippen molar-refractivity contribution in [2.45, 2.75) is 18.6 Å². The average molecular weight is 506 g/mol. The lowest BCUT2D eigenvalue weighted by Gasteiger charge is -2.27. The number of halogens is 4. The first-order valence-corrected chi connectivity index (χ1v) is 10.9. The minimum absolute atomic E-state index is 0.0436. The van der Waals surface area contributed by atoms with E-state index in [0.29, 0.717) is 25.1 Å². The zero-order valence-electron chi connectivity index (χ0n) is 18.7. The molecule has 2 aromatic carbocycles. The number of rotatable bonds is 5. The Balaban J connectivity index is 0.000000795. The summed E-state index contributed by atoms with van der Waals surface area (Å²) in [6, 6.07) is 10.9. The topological polar surface area (TPSA) is 102 Å². The predicted octanol–water partition coefficient (Wildman–Crippen LogP) is 5.14. The lowest BCUT2D eigenvalue weighted by atomic mass is 9.99. The minimum Gasteiger partial charge on any atom is -0.388 e. The van der Waals surface area contributed by atoms with Gasteiger partial charge in [0, 0.05) is 24.8 Å². The highest BCUT2D eigenvalue weighted by molar-refractivity contribution is 6.31. The SMILES string of the molecule is C=CC=O.CNc1ccccc1C1CCNc2c(C(N)=O)c(-c3ccc(Cl)c(C(F)(F)F)c3)nn21. The van der Waals surface area contributed by atoms with Gasteiger partial charge in [-0.3, -0.25) is 9.59 Å². The third-order valence-corrected chi connectivity index (χ3v) is 5.72. The van der Waals surface area contributed by atoms with Gasteiger partial charge in [0.15, 0.2) is 0 Å². The summed E-state index contributed by atoms with van der Waals surface area (Å²) in [5, 5.41) is 10.4. The summed E-state index contributed by atoms with van der Waals surface area (Å²) in [6.07, 6.45) is -2.15. The highest BCUT2D eigenvalue weighted by atomic mass is 35.5. The van der Waals surface area contributed by atoms with Crippen LogP contribution in [0.5, 0.6) is 0 Å². The molecule has 1 aliphatic rings. The molecule has 184 valence electrons. The molecule has 0 radical (unpaired) electrons. The molecule has 0 saturated carbocycles. The summed E-state index contributed by atoms with van der Waals surface area (Å²) in [5.74, 6) is -0.400. The fraction of sp³-hybridized carbons (Fsp3) is 0.208. The fourth-order valence-electron chi connectivity index (χ4n) is 3.91. The fourth-order valence-corrected chi connectivity index (χ4v) is 4.13. The van der Waals surface area contributed by atoms with E-state index in [1.165, 1.54) is 12.1 Å². The van der Waals surface area contributed by atoms with Crippen molar-refractivity contribution in [3.05, 3.63) is 76.8 Å². The maximum atomic E-state index is 13.4. The number of primary amides is 1. The molecule has 4 N–H and O–H groups in total. The van der Waals surface area contributed by atoms with Crippen LogP contribution in [0.2, 0.25) is 5.02 Å². The van der Waals surface area contributed by atoms with Gasteiger partial charge in [-0.05, 0) is 36.3 Å². The van der Waals surface area contributed by atoms with Crippen LogP contribution in [0.25, 0.3) is 11.3 Å². The van der Waals surface area contributed by atoms with Gasteiger partial charge in [-0.1, -0.05) is 42.4 Å². The van der Waals surface area contributed by atoms with Crippen molar-refractivity contribution >= 4 is 35.3 Å². The van der Waals surface area contributed by atoms with Crippen LogP contribution in [-0.2, 0) is 11.0 Å². The van der Waals surface area contributed by atoms with Crippen LogP contribution >= 0.6 is 11.6 Å². The van der Waals surface area contributed by atoms with Crippen LogP contribution < -0.4 is 16.4 Å². The number of benzene rings is 2. The van der Waals surface area contributed by atoms with Crippen molar-refractivity contribution < 1.29 is 22.8 Å². The maximum absolute atomic E-state index is 13.4. The molecule has 1 unspecified atom stereocenters. The lowest BCUT2D eigenvalue weighted by molar-refractivity contribution is -0.137. The van der Waals surface area contributed by atoms with E-state index in [1.807, 2.05) is 24.3 Å². The molecular formula is C24H23ClF3N5O2. The summed E-state index contributed by atoms with van der Waals surface area (Å²) in [5.41, 5.74) is 6.69. The number of alkyl halides is 3. The summed E-state index contributed by atoms with van der Waals surface area (Å²) < 4.78 is 41.8. The van der Waals surface area contributed by atoms with E-state index in [0.717, 1.165) is 23.4 Å². The largest absolute Gasteiger partial charge is 0.417 e. The minimum atomic E-state index is -4.65. The van der Waals surface area contributed by atoms with Crippen LogP contribution in [0.3, 0.4) is 0 Å². The second kappa shape index (κ2) is 10.6. The van der Waals surface area contributed by atoms with Gasteiger partial charge in [0.05, 0.1) is 16.6 Å². The second-order valence-corrected chi connectivity index (χ2v) is 7.92. The van der Waals surface area contributed by atoms with E-state index in [1.54, 1.807) is 11.7 Å². The first-order chi connectivity index (χ1) is 16.6. The number of hydrogen-bond donors (Lipinski definition) is 3. The highest BCUT2D eigenvalue weighted by Gasteiger charge is 2.35. The molecule has 7 nitrogen and oxygen atoms in total. The van der Waals surface area contributed by atoms with Gasteiger partial charge in [-0.25, -0.2) is 4.68 Å². The molecule has 35 heavy (non-hydrogen) atoms. The first kappa shape index (κ1) is 25.8. The van der Waals surface area contributed by atoms with Gasteiger partial charge in [-0.15, -0.1) is 0 Å². The number of carbonyl (C=O) groups excluding carboxylic acids is 2. The maximum Gasteiger partial charge on any atom is 0.417 e. The van der Waals surface area contributed by atoms with Gasteiger partial charge in [0.1, 0.15) is 23.4 Å². The number of nitrogens with zero attached hydrogens (tertiary/aromatic N) is 2. The summed E-state index contributed by atoms with van der Waals surface area (Å²) in [4.78, 5) is 21.4. The molecule has 0 bridgehead atoms. The molecule has 1 amide bonds. The molecule has 1 atom stereocenters. The van der Waals surface area contributed by atoms with Crippen molar-refractivity contribution in [3.8, 4) is 11.3 Å². The third-order valence-electron chi connectivity index (χ3n) is 5.39. The normalized spacial score (nSPS) is 14.6. The molecule has 1 aliphatic heterocycles. The summed E-state index contributed by atoms with van der Waals surface area (Å²) >= 11 is 5.75. The molecule has 4 rings (SSSR count). The number of anilines is 2. The quantitative estimate of drug-likeness (QED) is 0.329. The summed E-state index contributed by atoms with van der Waals surface area (Å²) in [7, 11) is 1.80. The van der Waals surface area contributed by atoms with E-state index in [-0.39, 0.29) is 22.9 Å². The van der Waals surface area contributed by atoms with Crippen molar-refractivity contribution in [1.29, 1.82) is 0 Å². The van der Waals surface area contributed by atoms with Crippen molar-refractivity contribution in [1.82, 2.24) is 9.78 Å². The number of aromatic nitrogens is 2. The van der Waals surface area contributed by atoms with Crippen LogP contribution in [0.15, 0.2) is 55.1 Å². The number of fused-ring (bicyclic) bond motifs is 1. The van der Waals surface area contributed by atoms with E-state index < -0.39 is 22.7 Å². The molecule has 2 heterocycles. The number of hydrogen-bond acceptors (Lipinski definition) is 5. The molecule has 0 saturated heterocycles. The Morgan fingerprint density at radius 1 is 1.31 bits per heavy atom. The molecule has 3 aromatic rings. The average Bonchev–Trinajstić information content (AvgIpc) is 3.24. The number of nitrogens with two attached hydrogens (primary N) is 1. The Morgan fingerprint density at radius 3 is 2.60 bits per heavy atom. The van der Waals surface area contributed by atoms with Crippen LogP contribution in [-0.4, -0.2) is 35.6 Å². The number of allylic oxidation sites excluding steroid dienone is 1. The lowest BCUT2D eigenvalue weighted by Crippen LogP contribution is -2.26. The van der Waals surface area contributed by atoms with Gasteiger partial charge in [0.2, 0.25) is 0 Å². The Labute approximate surface area is 204 Å². The number of carbonyl (C=O) groups is 2. The van der Waals surface area contributed by atoms with Gasteiger partial charge in [-0.2, -0.15) is 18.3 Å². The molecule has 1 aromatic heterocycles. The number of nitrogens with one attached hydrogen (secondary N) is 2. The standard InChI is InChI=1S/C21H19ClF3N5O.C3H4O/c1-27-15-5-3-2-4-12(15)16-8-9-28-20-17(19(26)31)18(29-30(16)20)11-6-7-14(22)13(10-11)21(23,24)25;1-2-3-4/h2-7,10,16,27-28H,8-9H2,1H3,(H2,26,31);2-3H,1H2. The zero-order valence-corrected chi connectivity index (χ0v) is 19.5.